The smallest absolute Gasteiger partial charge is 0.142 e. The van der Waals surface area contributed by atoms with E-state index in [9.17, 15) is 5.11 Å². The molecule has 0 amide bonds. The van der Waals surface area contributed by atoms with Crippen LogP contribution in [-0.4, -0.2) is 17.9 Å². The summed E-state index contributed by atoms with van der Waals surface area (Å²) in [6, 6.07) is 10.6. The Bertz CT molecular complexity index is 625. The molecule has 0 aromatic heterocycles. The minimum Gasteiger partial charge on any atom is -0.508 e. The predicted octanol–water partition coefficient (Wildman–Crippen LogP) is 5.07. The molecule has 0 heterocycles. The monoisotopic (exact) mass is 397 g/mol. The van der Waals surface area contributed by atoms with Gasteiger partial charge in [0.15, 0.2) is 0 Å². The van der Waals surface area contributed by atoms with Crippen molar-refractivity contribution in [2.45, 2.75) is 6.92 Å². The van der Waals surface area contributed by atoms with Crippen LogP contribution in [0.4, 0.5) is 5.69 Å². The highest BCUT2D eigenvalue weighted by Crippen LogP contribution is 2.32. The molecule has 0 saturated heterocycles. The summed E-state index contributed by atoms with van der Waals surface area (Å²) in [5.74, 6) is 0.988. The van der Waals surface area contributed by atoms with Gasteiger partial charge in [0.05, 0.1) is 16.8 Å². The van der Waals surface area contributed by atoms with Crippen LogP contribution in [0.1, 0.15) is 12.5 Å². The molecule has 2 rings (SSSR count). The number of rotatable bonds is 4. The molecule has 0 saturated carbocycles. The first kappa shape index (κ1) is 15.1. The van der Waals surface area contributed by atoms with Crippen molar-refractivity contribution in [1.82, 2.24) is 0 Å². The van der Waals surface area contributed by atoms with Gasteiger partial charge in [0.2, 0.25) is 0 Å². The SMILES string of the molecule is CCOc1c(Br)cc(Br)cc1C=Nc1ccc(O)cc1. The highest BCUT2D eigenvalue weighted by molar-refractivity contribution is 9.11. The number of benzene rings is 2. The Hall–Kier alpha value is -1.33. The molecule has 5 heteroatoms. The van der Waals surface area contributed by atoms with Gasteiger partial charge in [0.25, 0.3) is 0 Å². The van der Waals surface area contributed by atoms with Crippen molar-refractivity contribution in [3.63, 3.8) is 0 Å². The fourth-order valence-corrected chi connectivity index (χ4v) is 3.03. The van der Waals surface area contributed by atoms with Gasteiger partial charge in [-0.25, -0.2) is 0 Å². The Morgan fingerprint density at radius 1 is 1.20 bits per heavy atom. The van der Waals surface area contributed by atoms with Crippen molar-refractivity contribution in [3.05, 3.63) is 50.9 Å². The second-order valence-electron chi connectivity index (χ2n) is 4.01. The molecule has 0 unspecified atom stereocenters. The molecule has 0 aliphatic carbocycles. The molecule has 2 aromatic rings. The fraction of sp³-hybridized carbons (Fsp3) is 0.133. The average molecular weight is 399 g/mol. The van der Waals surface area contributed by atoms with Crippen LogP contribution in [0.5, 0.6) is 11.5 Å². The Morgan fingerprint density at radius 3 is 2.55 bits per heavy atom. The molecular formula is C15H13Br2NO2. The Labute approximate surface area is 134 Å². The first-order valence-electron chi connectivity index (χ1n) is 6.05. The lowest BCUT2D eigenvalue weighted by Crippen LogP contribution is -1.97. The van der Waals surface area contributed by atoms with Gasteiger partial charge in [-0.3, -0.25) is 4.99 Å². The lowest BCUT2D eigenvalue weighted by atomic mass is 10.2. The van der Waals surface area contributed by atoms with Crippen LogP contribution in [0.15, 0.2) is 50.3 Å². The minimum absolute atomic E-state index is 0.226. The van der Waals surface area contributed by atoms with Gasteiger partial charge in [0.1, 0.15) is 11.5 Å². The molecule has 3 nitrogen and oxygen atoms in total. The molecule has 20 heavy (non-hydrogen) atoms. The van der Waals surface area contributed by atoms with Gasteiger partial charge >= 0.3 is 0 Å². The Kier molecular flexibility index (Phi) is 5.20. The standard InChI is InChI=1S/C15H13Br2NO2/c1-2-20-15-10(7-11(16)8-14(15)17)9-18-12-3-5-13(19)6-4-12/h3-9,19H,2H2,1H3. The number of ether oxygens (including phenoxy) is 1. The highest BCUT2D eigenvalue weighted by atomic mass is 79.9. The quantitative estimate of drug-likeness (QED) is 0.730. The lowest BCUT2D eigenvalue weighted by molar-refractivity contribution is 0.337. The molecule has 0 bridgehead atoms. The second kappa shape index (κ2) is 6.90. The number of hydrogen-bond acceptors (Lipinski definition) is 3. The van der Waals surface area contributed by atoms with Crippen molar-refractivity contribution in [1.29, 1.82) is 0 Å². The molecule has 0 fully saturated rings. The first-order chi connectivity index (χ1) is 9.60. The van der Waals surface area contributed by atoms with E-state index in [1.54, 1.807) is 30.5 Å². The van der Waals surface area contributed by atoms with Crippen molar-refractivity contribution in [2.24, 2.45) is 4.99 Å². The molecule has 0 atom stereocenters. The average Bonchev–Trinajstić information content (AvgIpc) is 2.41. The molecule has 104 valence electrons. The van der Waals surface area contributed by atoms with Gasteiger partial charge < -0.3 is 9.84 Å². The molecule has 2 aromatic carbocycles. The van der Waals surface area contributed by atoms with E-state index in [0.29, 0.717) is 6.61 Å². The van der Waals surface area contributed by atoms with E-state index in [0.717, 1.165) is 25.9 Å². The Balaban J connectivity index is 2.34. The topological polar surface area (TPSA) is 41.8 Å². The van der Waals surface area contributed by atoms with Gasteiger partial charge in [-0.2, -0.15) is 0 Å². The van der Waals surface area contributed by atoms with Crippen molar-refractivity contribution in [3.8, 4) is 11.5 Å². The van der Waals surface area contributed by atoms with E-state index in [1.165, 1.54) is 0 Å². The number of nitrogens with zero attached hydrogens (tertiary/aromatic N) is 1. The van der Waals surface area contributed by atoms with Crippen molar-refractivity contribution in [2.75, 3.05) is 6.61 Å². The lowest BCUT2D eigenvalue weighted by Gasteiger charge is -2.10. The third-order valence-electron chi connectivity index (χ3n) is 2.53. The molecule has 1 N–H and O–H groups in total. The zero-order valence-corrected chi connectivity index (χ0v) is 14.0. The normalized spacial score (nSPS) is 10.9. The third-order valence-corrected chi connectivity index (χ3v) is 3.58. The molecule has 0 radical (unpaired) electrons. The summed E-state index contributed by atoms with van der Waals surface area (Å²) in [6.45, 7) is 2.52. The molecule has 0 aliphatic heterocycles. The number of phenolic OH excluding ortho intramolecular Hbond substituents is 1. The van der Waals surface area contributed by atoms with Crippen molar-refractivity contribution >= 4 is 43.8 Å². The maximum atomic E-state index is 9.24. The van der Waals surface area contributed by atoms with E-state index in [2.05, 4.69) is 36.9 Å². The third kappa shape index (κ3) is 3.84. The summed E-state index contributed by atoms with van der Waals surface area (Å²) in [6.07, 6.45) is 1.74. The van der Waals surface area contributed by atoms with Gasteiger partial charge in [-0.1, -0.05) is 15.9 Å². The number of aliphatic imine (C=N–C) groups is 1. The van der Waals surface area contributed by atoms with E-state index < -0.39 is 0 Å². The van der Waals surface area contributed by atoms with E-state index >= 15 is 0 Å². The second-order valence-corrected chi connectivity index (χ2v) is 5.78. The summed E-state index contributed by atoms with van der Waals surface area (Å²) in [4.78, 5) is 4.38. The van der Waals surface area contributed by atoms with Crippen molar-refractivity contribution < 1.29 is 9.84 Å². The number of aromatic hydroxyl groups is 1. The largest absolute Gasteiger partial charge is 0.508 e. The summed E-state index contributed by atoms with van der Waals surface area (Å²) in [5.41, 5.74) is 1.64. The summed E-state index contributed by atoms with van der Waals surface area (Å²) in [5, 5.41) is 9.24. The summed E-state index contributed by atoms with van der Waals surface area (Å²) < 4.78 is 7.45. The van der Waals surface area contributed by atoms with Crippen LogP contribution in [0, 0.1) is 0 Å². The van der Waals surface area contributed by atoms with Crippen LogP contribution >= 0.6 is 31.9 Å². The number of hydrogen-bond donors (Lipinski definition) is 1. The maximum Gasteiger partial charge on any atom is 0.142 e. The summed E-state index contributed by atoms with van der Waals surface area (Å²) in [7, 11) is 0. The zero-order valence-electron chi connectivity index (χ0n) is 10.8. The molecular weight excluding hydrogens is 386 g/mol. The van der Waals surface area contributed by atoms with Gasteiger partial charge in [-0.15, -0.1) is 0 Å². The zero-order chi connectivity index (χ0) is 14.5. The highest BCUT2D eigenvalue weighted by Gasteiger charge is 2.08. The van der Waals surface area contributed by atoms with Gasteiger partial charge in [-0.05, 0) is 59.3 Å². The maximum absolute atomic E-state index is 9.24. The minimum atomic E-state index is 0.226. The fourth-order valence-electron chi connectivity index (χ4n) is 1.66. The van der Waals surface area contributed by atoms with E-state index in [-0.39, 0.29) is 5.75 Å². The van der Waals surface area contributed by atoms with Crippen LogP contribution in [0.25, 0.3) is 0 Å². The van der Waals surface area contributed by atoms with Crippen LogP contribution in [0.2, 0.25) is 0 Å². The van der Waals surface area contributed by atoms with E-state index in [1.807, 2.05) is 19.1 Å². The number of halogens is 2. The molecule has 0 spiro atoms. The molecule has 0 aliphatic rings. The van der Waals surface area contributed by atoms with Crippen LogP contribution < -0.4 is 4.74 Å². The Morgan fingerprint density at radius 2 is 1.90 bits per heavy atom. The van der Waals surface area contributed by atoms with E-state index in [4.69, 9.17) is 4.74 Å². The first-order valence-corrected chi connectivity index (χ1v) is 7.63. The van der Waals surface area contributed by atoms with Crippen LogP contribution in [-0.2, 0) is 0 Å². The van der Waals surface area contributed by atoms with Gasteiger partial charge in [0, 0.05) is 16.3 Å². The summed E-state index contributed by atoms with van der Waals surface area (Å²) >= 11 is 6.94. The van der Waals surface area contributed by atoms with Crippen LogP contribution in [0.3, 0.4) is 0 Å². The number of phenols is 1. The predicted molar refractivity (Wildman–Crippen MR) is 88.4 cm³/mol.